The lowest BCUT2D eigenvalue weighted by atomic mass is 10.1. The molecule has 1 aliphatic heterocycles. The molecule has 0 saturated carbocycles. The van der Waals surface area contributed by atoms with Crippen molar-refractivity contribution in [1.82, 2.24) is 0 Å². The quantitative estimate of drug-likeness (QED) is 0.877. The number of carbonyl (C=O) groups is 1. The molecule has 1 aliphatic rings. The second-order valence-corrected chi connectivity index (χ2v) is 6.61. The molecule has 1 amide bonds. The zero-order chi connectivity index (χ0) is 17.6. The number of quaternary nitrogens is 1. The van der Waals surface area contributed by atoms with Crippen LogP contribution in [0.4, 0.5) is 11.4 Å². The molecule has 25 heavy (non-hydrogen) atoms. The fourth-order valence-electron chi connectivity index (χ4n) is 3.36. The Labute approximate surface area is 150 Å². The summed E-state index contributed by atoms with van der Waals surface area (Å²) in [5.41, 5.74) is 3.96. The number of para-hydroxylation sites is 2. The minimum atomic E-state index is -0.0482. The highest BCUT2D eigenvalue weighted by molar-refractivity contribution is 6.06. The van der Waals surface area contributed by atoms with E-state index in [0.717, 1.165) is 44.0 Å². The molecule has 0 aromatic heterocycles. The van der Waals surface area contributed by atoms with Crippen LogP contribution in [0.5, 0.6) is 0 Å². The zero-order valence-corrected chi connectivity index (χ0v) is 15.2. The van der Waals surface area contributed by atoms with Crippen molar-refractivity contribution in [3.8, 4) is 0 Å². The van der Waals surface area contributed by atoms with E-state index in [0.29, 0.717) is 5.56 Å². The molecule has 4 heteroatoms. The van der Waals surface area contributed by atoms with Crippen LogP contribution < -0.4 is 15.1 Å². The number of benzene rings is 2. The highest BCUT2D eigenvalue weighted by Gasteiger charge is 2.21. The summed E-state index contributed by atoms with van der Waals surface area (Å²) in [6.45, 7) is 9.89. The molecular weight excluding hydrogens is 310 g/mol. The van der Waals surface area contributed by atoms with Gasteiger partial charge in [-0.25, -0.2) is 0 Å². The molecule has 0 aliphatic carbocycles. The molecular formula is C21H28N3O+. The Balaban J connectivity index is 1.73. The number of carbonyl (C=O) groups excluding carboxylic acids is 1. The first-order valence-electron chi connectivity index (χ1n) is 9.29. The second kappa shape index (κ2) is 8.17. The average Bonchev–Trinajstić information content (AvgIpc) is 2.68. The van der Waals surface area contributed by atoms with Crippen molar-refractivity contribution in [3.05, 3.63) is 59.7 Å². The molecule has 0 bridgehead atoms. The summed E-state index contributed by atoms with van der Waals surface area (Å²) in [7, 11) is 0. The lowest BCUT2D eigenvalue weighted by Gasteiger charge is -2.34. The van der Waals surface area contributed by atoms with E-state index in [9.17, 15) is 4.79 Å². The number of nitrogens with one attached hydrogen (secondary N) is 2. The van der Waals surface area contributed by atoms with Crippen molar-refractivity contribution in [2.24, 2.45) is 0 Å². The molecule has 132 valence electrons. The Bertz CT molecular complexity index is 703. The molecule has 2 aromatic carbocycles. The van der Waals surface area contributed by atoms with E-state index in [-0.39, 0.29) is 5.91 Å². The SMILES string of the molecule is CCc1ccc(C(=O)Nc2ccccc2N2CC[NH+](CC)CC2)cc1. The van der Waals surface area contributed by atoms with Crippen LogP contribution in [0.2, 0.25) is 0 Å². The monoisotopic (exact) mass is 338 g/mol. The third kappa shape index (κ3) is 4.20. The highest BCUT2D eigenvalue weighted by Crippen LogP contribution is 2.26. The lowest BCUT2D eigenvalue weighted by Crippen LogP contribution is -3.14. The summed E-state index contributed by atoms with van der Waals surface area (Å²) in [5.74, 6) is -0.0482. The van der Waals surface area contributed by atoms with Crippen molar-refractivity contribution >= 4 is 17.3 Å². The predicted molar refractivity (Wildman–Crippen MR) is 104 cm³/mol. The molecule has 2 N–H and O–H groups in total. The van der Waals surface area contributed by atoms with E-state index in [2.05, 4.69) is 30.1 Å². The smallest absolute Gasteiger partial charge is 0.255 e. The van der Waals surface area contributed by atoms with Crippen LogP contribution in [-0.2, 0) is 6.42 Å². The topological polar surface area (TPSA) is 36.8 Å². The van der Waals surface area contributed by atoms with Crippen LogP contribution in [0.15, 0.2) is 48.5 Å². The standard InChI is InChI=1S/C21H27N3O/c1-3-17-9-11-18(12-10-17)21(25)22-19-7-5-6-8-20(19)24-15-13-23(4-2)14-16-24/h5-12H,3-4,13-16H2,1-2H3,(H,22,25)/p+1. The Hall–Kier alpha value is -2.33. The summed E-state index contributed by atoms with van der Waals surface area (Å²) in [6.07, 6.45) is 0.983. The van der Waals surface area contributed by atoms with Gasteiger partial charge < -0.3 is 15.1 Å². The fourth-order valence-corrected chi connectivity index (χ4v) is 3.36. The molecule has 3 rings (SSSR count). The zero-order valence-electron chi connectivity index (χ0n) is 15.2. The van der Waals surface area contributed by atoms with Gasteiger partial charge in [0.1, 0.15) is 0 Å². The van der Waals surface area contributed by atoms with Crippen molar-refractivity contribution in [2.75, 3.05) is 42.9 Å². The lowest BCUT2D eigenvalue weighted by molar-refractivity contribution is -0.898. The number of piperazine rings is 1. The Morgan fingerprint density at radius 2 is 1.72 bits per heavy atom. The van der Waals surface area contributed by atoms with Crippen molar-refractivity contribution in [2.45, 2.75) is 20.3 Å². The van der Waals surface area contributed by atoms with E-state index in [4.69, 9.17) is 0 Å². The van der Waals surface area contributed by atoms with Crippen molar-refractivity contribution in [1.29, 1.82) is 0 Å². The maximum Gasteiger partial charge on any atom is 0.255 e. The first-order valence-corrected chi connectivity index (χ1v) is 9.29. The minimum Gasteiger partial charge on any atom is -0.359 e. The molecule has 2 aromatic rings. The maximum absolute atomic E-state index is 12.6. The van der Waals surface area contributed by atoms with Crippen LogP contribution in [0.1, 0.15) is 29.8 Å². The number of hydrogen-bond acceptors (Lipinski definition) is 2. The molecule has 4 nitrogen and oxygen atoms in total. The summed E-state index contributed by atoms with van der Waals surface area (Å²) in [4.78, 5) is 16.6. The summed E-state index contributed by atoms with van der Waals surface area (Å²) < 4.78 is 0. The number of hydrogen-bond donors (Lipinski definition) is 2. The number of nitrogens with zero attached hydrogens (tertiary/aromatic N) is 1. The number of anilines is 2. The number of aryl methyl sites for hydroxylation is 1. The maximum atomic E-state index is 12.6. The minimum absolute atomic E-state index is 0.0482. The molecule has 0 radical (unpaired) electrons. The summed E-state index contributed by atoms with van der Waals surface area (Å²) in [6, 6.07) is 16.0. The van der Waals surface area contributed by atoms with E-state index >= 15 is 0 Å². The summed E-state index contributed by atoms with van der Waals surface area (Å²) in [5, 5.41) is 3.10. The van der Waals surface area contributed by atoms with Crippen LogP contribution in [-0.4, -0.2) is 38.6 Å². The molecule has 1 heterocycles. The van der Waals surface area contributed by atoms with Gasteiger partial charge in [0.2, 0.25) is 0 Å². The van der Waals surface area contributed by atoms with Gasteiger partial charge in [0.25, 0.3) is 5.91 Å². The highest BCUT2D eigenvalue weighted by atomic mass is 16.1. The number of likely N-dealkylation sites (N-methyl/N-ethyl adjacent to an activating group) is 1. The van der Waals surface area contributed by atoms with Gasteiger partial charge in [-0.1, -0.05) is 31.2 Å². The Morgan fingerprint density at radius 1 is 1.04 bits per heavy atom. The van der Waals surface area contributed by atoms with Gasteiger partial charge in [-0.15, -0.1) is 0 Å². The van der Waals surface area contributed by atoms with Crippen LogP contribution in [0.25, 0.3) is 0 Å². The van der Waals surface area contributed by atoms with Gasteiger partial charge in [-0.2, -0.15) is 0 Å². The molecule has 0 unspecified atom stereocenters. The van der Waals surface area contributed by atoms with Crippen molar-refractivity contribution in [3.63, 3.8) is 0 Å². The van der Waals surface area contributed by atoms with Gasteiger partial charge in [0.15, 0.2) is 0 Å². The first kappa shape index (κ1) is 17.5. The number of amides is 1. The van der Waals surface area contributed by atoms with Crippen molar-refractivity contribution < 1.29 is 9.69 Å². The van der Waals surface area contributed by atoms with Crippen LogP contribution in [0, 0.1) is 0 Å². The Morgan fingerprint density at radius 3 is 2.36 bits per heavy atom. The molecule has 1 saturated heterocycles. The van der Waals surface area contributed by atoms with E-state index in [1.807, 2.05) is 42.5 Å². The molecule has 1 fully saturated rings. The predicted octanol–water partition coefficient (Wildman–Crippen LogP) is 2.23. The third-order valence-corrected chi connectivity index (χ3v) is 5.09. The largest absolute Gasteiger partial charge is 0.359 e. The van der Waals surface area contributed by atoms with E-state index < -0.39 is 0 Å². The summed E-state index contributed by atoms with van der Waals surface area (Å²) >= 11 is 0. The van der Waals surface area contributed by atoms with Gasteiger partial charge in [0.05, 0.1) is 44.1 Å². The molecule has 0 atom stereocenters. The average molecular weight is 338 g/mol. The fraction of sp³-hybridized carbons (Fsp3) is 0.381. The van der Waals surface area contributed by atoms with Gasteiger partial charge in [0, 0.05) is 5.56 Å². The number of rotatable bonds is 5. The van der Waals surface area contributed by atoms with E-state index in [1.54, 1.807) is 4.90 Å². The van der Waals surface area contributed by atoms with Gasteiger partial charge in [-0.3, -0.25) is 4.79 Å². The van der Waals surface area contributed by atoms with E-state index in [1.165, 1.54) is 12.1 Å². The van der Waals surface area contributed by atoms with Crippen LogP contribution in [0.3, 0.4) is 0 Å². The van der Waals surface area contributed by atoms with Crippen LogP contribution >= 0.6 is 0 Å². The first-order chi connectivity index (χ1) is 12.2. The van der Waals surface area contributed by atoms with Gasteiger partial charge in [-0.05, 0) is 43.2 Å². The normalized spacial score (nSPS) is 15.2. The molecule has 0 spiro atoms. The Kier molecular flexibility index (Phi) is 5.71. The van der Waals surface area contributed by atoms with Gasteiger partial charge >= 0.3 is 0 Å². The third-order valence-electron chi connectivity index (χ3n) is 5.09. The second-order valence-electron chi connectivity index (χ2n) is 6.61.